The van der Waals surface area contributed by atoms with Gasteiger partial charge in [0, 0.05) is 24.5 Å². The van der Waals surface area contributed by atoms with Gasteiger partial charge < -0.3 is 10.3 Å². The lowest BCUT2D eigenvalue weighted by molar-refractivity contribution is 0.0690. The second-order valence-corrected chi connectivity index (χ2v) is 5.91. The van der Waals surface area contributed by atoms with E-state index < -0.39 is 0 Å². The lowest BCUT2D eigenvalue weighted by Gasteiger charge is -2.32. The van der Waals surface area contributed by atoms with E-state index in [0.29, 0.717) is 23.2 Å². The quantitative estimate of drug-likeness (QED) is 0.640. The first-order chi connectivity index (χ1) is 9.70. The van der Waals surface area contributed by atoms with Crippen LogP contribution in [0.4, 0.5) is 5.69 Å². The summed E-state index contributed by atoms with van der Waals surface area (Å²) in [4.78, 5) is 19.1. The molecule has 0 aromatic carbocycles. The van der Waals surface area contributed by atoms with Crippen LogP contribution >= 0.6 is 0 Å². The highest BCUT2D eigenvalue weighted by atomic mass is 16.2. The molecular formula is C15H22N4O. The van der Waals surface area contributed by atoms with Gasteiger partial charge in [0.15, 0.2) is 0 Å². The van der Waals surface area contributed by atoms with Gasteiger partial charge in [-0.25, -0.2) is 0 Å². The van der Waals surface area contributed by atoms with Crippen molar-refractivity contribution >= 4 is 11.6 Å². The summed E-state index contributed by atoms with van der Waals surface area (Å²) in [5.41, 5.74) is 4.73. The van der Waals surface area contributed by atoms with Gasteiger partial charge in [0.1, 0.15) is 0 Å². The predicted octanol–water partition coefficient (Wildman–Crippen LogP) is 2.08. The number of hydrogen-bond donors (Lipinski definition) is 2. The Kier molecular flexibility index (Phi) is 3.61. The molecule has 0 spiro atoms. The molecule has 1 aromatic heterocycles. The molecule has 5 heteroatoms. The van der Waals surface area contributed by atoms with E-state index in [1.165, 1.54) is 19.3 Å². The van der Waals surface area contributed by atoms with Crippen molar-refractivity contribution in [3.05, 3.63) is 23.5 Å². The number of anilines is 1. The van der Waals surface area contributed by atoms with E-state index in [4.69, 9.17) is 5.84 Å². The van der Waals surface area contributed by atoms with Crippen molar-refractivity contribution in [3.8, 4) is 0 Å². The minimum atomic E-state index is 0.0693. The van der Waals surface area contributed by atoms with E-state index >= 15 is 0 Å². The standard InChI is InChI=1S/C15H22N4O/c1-10-8-13(18-16)12(9-17-10)15(20)19-7-6-11-4-2-3-5-14(11)19/h8-9,11,14H,2-7,16H2,1H3,(H,17,18). The lowest BCUT2D eigenvalue weighted by atomic mass is 9.85. The van der Waals surface area contributed by atoms with Crippen LogP contribution in [0.25, 0.3) is 0 Å². The van der Waals surface area contributed by atoms with Gasteiger partial charge in [0.25, 0.3) is 5.91 Å². The number of carbonyl (C=O) groups excluding carboxylic acids is 1. The Balaban J connectivity index is 1.85. The molecule has 1 amide bonds. The predicted molar refractivity (Wildman–Crippen MR) is 78.2 cm³/mol. The summed E-state index contributed by atoms with van der Waals surface area (Å²) < 4.78 is 0. The Morgan fingerprint density at radius 1 is 1.40 bits per heavy atom. The van der Waals surface area contributed by atoms with E-state index in [9.17, 15) is 4.79 Å². The second-order valence-electron chi connectivity index (χ2n) is 5.91. The summed E-state index contributed by atoms with van der Waals surface area (Å²) in [7, 11) is 0. The molecule has 1 saturated carbocycles. The van der Waals surface area contributed by atoms with Crippen molar-refractivity contribution in [1.82, 2.24) is 9.88 Å². The molecule has 2 aliphatic rings. The number of likely N-dealkylation sites (tertiary alicyclic amines) is 1. The smallest absolute Gasteiger partial charge is 0.257 e. The van der Waals surface area contributed by atoms with Crippen LogP contribution in [0.1, 0.15) is 48.2 Å². The highest BCUT2D eigenvalue weighted by molar-refractivity contribution is 5.99. The van der Waals surface area contributed by atoms with Crippen LogP contribution in [0.2, 0.25) is 0 Å². The fourth-order valence-corrected chi connectivity index (χ4v) is 3.66. The SMILES string of the molecule is Cc1cc(NN)c(C(=O)N2CCC3CCCCC32)cn1. The van der Waals surface area contributed by atoms with E-state index in [2.05, 4.69) is 10.4 Å². The third kappa shape index (κ3) is 2.26. The number of nitrogens with two attached hydrogens (primary N) is 1. The molecule has 2 unspecified atom stereocenters. The second kappa shape index (κ2) is 5.40. The van der Waals surface area contributed by atoms with Crippen molar-refractivity contribution < 1.29 is 4.79 Å². The number of pyridine rings is 1. The first-order valence-electron chi connectivity index (χ1n) is 7.45. The molecule has 1 aliphatic heterocycles. The average Bonchev–Trinajstić information content (AvgIpc) is 2.90. The molecule has 3 N–H and O–H groups in total. The van der Waals surface area contributed by atoms with E-state index in [0.717, 1.165) is 25.1 Å². The van der Waals surface area contributed by atoms with Crippen LogP contribution in [0.15, 0.2) is 12.3 Å². The first-order valence-corrected chi connectivity index (χ1v) is 7.45. The zero-order valence-corrected chi connectivity index (χ0v) is 11.9. The van der Waals surface area contributed by atoms with Crippen LogP contribution in [-0.2, 0) is 0 Å². The molecule has 1 saturated heterocycles. The van der Waals surface area contributed by atoms with Gasteiger partial charge in [-0.15, -0.1) is 0 Å². The molecule has 2 atom stereocenters. The average molecular weight is 274 g/mol. The Labute approximate surface area is 119 Å². The van der Waals surface area contributed by atoms with Gasteiger partial charge in [0.05, 0.1) is 11.3 Å². The van der Waals surface area contributed by atoms with Crippen LogP contribution in [0.3, 0.4) is 0 Å². The molecule has 0 radical (unpaired) electrons. The highest BCUT2D eigenvalue weighted by Gasteiger charge is 2.38. The Morgan fingerprint density at radius 2 is 2.20 bits per heavy atom. The minimum absolute atomic E-state index is 0.0693. The third-order valence-corrected chi connectivity index (χ3v) is 4.70. The highest BCUT2D eigenvalue weighted by Crippen LogP contribution is 2.37. The number of carbonyl (C=O) groups is 1. The number of fused-ring (bicyclic) bond motifs is 1. The normalized spacial score (nSPS) is 25.4. The van der Waals surface area contributed by atoms with Gasteiger partial charge in [-0.05, 0) is 38.2 Å². The number of nitrogens with one attached hydrogen (secondary N) is 1. The van der Waals surface area contributed by atoms with Crippen molar-refractivity contribution in [2.24, 2.45) is 11.8 Å². The zero-order valence-electron chi connectivity index (χ0n) is 11.9. The fraction of sp³-hybridized carbons (Fsp3) is 0.600. The van der Waals surface area contributed by atoms with E-state index in [1.807, 2.05) is 17.9 Å². The maximum atomic E-state index is 12.8. The molecular weight excluding hydrogens is 252 g/mol. The number of hydrazine groups is 1. The summed E-state index contributed by atoms with van der Waals surface area (Å²) in [6.07, 6.45) is 7.73. The maximum absolute atomic E-state index is 12.8. The molecule has 20 heavy (non-hydrogen) atoms. The van der Waals surface area contributed by atoms with Crippen LogP contribution in [0.5, 0.6) is 0 Å². The number of aromatic nitrogens is 1. The Bertz CT molecular complexity index is 517. The molecule has 108 valence electrons. The summed E-state index contributed by atoms with van der Waals surface area (Å²) in [6.45, 7) is 2.76. The first kappa shape index (κ1) is 13.4. The van der Waals surface area contributed by atoms with Crippen LogP contribution < -0.4 is 11.3 Å². The van der Waals surface area contributed by atoms with Crippen molar-refractivity contribution in [3.63, 3.8) is 0 Å². The molecule has 3 rings (SSSR count). The molecule has 1 aliphatic carbocycles. The summed E-state index contributed by atoms with van der Waals surface area (Å²) in [5, 5.41) is 0. The van der Waals surface area contributed by atoms with Crippen molar-refractivity contribution in [2.75, 3.05) is 12.0 Å². The van der Waals surface area contributed by atoms with E-state index in [1.54, 1.807) is 6.20 Å². The monoisotopic (exact) mass is 274 g/mol. The minimum Gasteiger partial charge on any atom is -0.335 e. The summed E-state index contributed by atoms with van der Waals surface area (Å²) >= 11 is 0. The molecule has 2 heterocycles. The number of rotatable bonds is 2. The molecule has 5 nitrogen and oxygen atoms in total. The Morgan fingerprint density at radius 3 is 3.00 bits per heavy atom. The lowest BCUT2D eigenvalue weighted by Crippen LogP contribution is -2.39. The molecule has 1 aromatic rings. The van der Waals surface area contributed by atoms with Gasteiger partial charge in [-0.2, -0.15) is 0 Å². The third-order valence-electron chi connectivity index (χ3n) is 4.70. The van der Waals surface area contributed by atoms with Crippen LogP contribution in [0, 0.1) is 12.8 Å². The summed E-state index contributed by atoms with van der Waals surface area (Å²) in [6, 6.07) is 2.24. The van der Waals surface area contributed by atoms with Gasteiger partial charge in [-0.1, -0.05) is 12.8 Å². The van der Waals surface area contributed by atoms with Gasteiger partial charge in [0.2, 0.25) is 0 Å². The van der Waals surface area contributed by atoms with Crippen molar-refractivity contribution in [1.29, 1.82) is 0 Å². The number of aryl methyl sites for hydroxylation is 1. The summed E-state index contributed by atoms with van der Waals surface area (Å²) in [5.74, 6) is 6.30. The number of nitrogens with zero attached hydrogens (tertiary/aromatic N) is 2. The van der Waals surface area contributed by atoms with Crippen molar-refractivity contribution in [2.45, 2.75) is 45.1 Å². The van der Waals surface area contributed by atoms with Crippen LogP contribution in [-0.4, -0.2) is 28.4 Å². The Hall–Kier alpha value is -1.62. The fourth-order valence-electron chi connectivity index (χ4n) is 3.66. The van der Waals surface area contributed by atoms with Gasteiger partial charge in [-0.3, -0.25) is 15.6 Å². The molecule has 0 bridgehead atoms. The maximum Gasteiger partial charge on any atom is 0.257 e. The number of amides is 1. The topological polar surface area (TPSA) is 71.2 Å². The number of hydrogen-bond acceptors (Lipinski definition) is 4. The number of nitrogen functional groups attached to an aromatic ring is 1. The largest absolute Gasteiger partial charge is 0.335 e. The zero-order chi connectivity index (χ0) is 14.1. The van der Waals surface area contributed by atoms with Gasteiger partial charge >= 0.3 is 0 Å². The van der Waals surface area contributed by atoms with E-state index in [-0.39, 0.29) is 5.91 Å². The molecule has 2 fully saturated rings.